The largest absolute Gasteiger partial charge is 0.378 e. The molecule has 0 heterocycles. The lowest BCUT2D eigenvalue weighted by Crippen LogP contribution is -2.19. The third-order valence-electron chi connectivity index (χ3n) is 1.85. The van der Waals surface area contributed by atoms with Gasteiger partial charge in [0.25, 0.3) is 0 Å². The Morgan fingerprint density at radius 3 is 2.09 bits per heavy atom. The lowest BCUT2D eigenvalue weighted by atomic mass is 10.0. The summed E-state index contributed by atoms with van der Waals surface area (Å²) in [6.45, 7) is 9.75. The van der Waals surface area contributed by atoms with Crippen molar-refractivity contribution < 1.29 is 4.74 Å². The molecule has 0 aliphatic rings. The number of hydrogen-bond donors (Lipinski definition) is 0. The first kappa shape index (κ1) is 11.0. The molecule has 0 saturated heterocycles. The second-order valence-corrected chi connectivity index (χ2v) is 3.44. The normalized spacial score (nSPS) is 13.9. The molecule has 0 N–H and O–H groups in total. The van der Waals surface area contributed by atoms with Crippen LogP contribution in [0, 0.1) is 5.92 Å². The Kier molecular flexibility index (Phi) is 6.63. The van der Waals surface area contributed by atoms with Gasteiger partial charge in [-0.25, -0.2) is 0 Å². The van der Waals surface area contributed by atoms with Crippen molar-refractivity contribution in [3.8, 4) is 0 Å². The fraction of sp³-hybridized carbons (Fsp3) is 1.00. The highest BCUT2D eigenvalue weighted by Crippen LogP contribution is 2.12. The zero-order chi connectivity index (χ0) is 8.69. The lowest BCUT2D eigenvalue weighted by molar-refractivity contribution is 0.0168. The van der Waals surface area contributed by atoms with Crippen LogP contribution in [0.25, 0.3) is 0 Å². The molecule has 1 heteroatoms. The van der Waals surface area contributed by atoms with E-state index in [4.69, 9.17) is 4.74 Å². The first-order valence-electron chi connectivity index (χ1n) is 4.83. The summed E-state index contributed by atoms with van der Waals surface area (Å²) in [6, 6.07) is 0. The maximum Gasteiger partial charge on any atom is 0.0597 e. The van der Waals surface area contributed by atoms with Crippen LogP contribution in [-0.2, 0) is 4.74 Å². The van der Waals surface area contributed by atoms with Crippen molar-refractivity contribution in [3.05, 3.63) is 0 Å². The predicted molar refractivity (Wildman–Crippen MR) is 49.8 cm³/mol. The third-order valence-corrected chi connectivity index (χ3v) is 1.85. The second kappa shape index (κ2) is 6.66. The van der Waals surface area contributed by atoms with Gasteiger partial charge in [-0.1, -0.05) is 34.1 Å². The molecule has 0 aliphatic heterocycles. The highest BCUT2D eigenvalue weighted by atomic mass is 16.5. The number of hydrogen-bond acceptors (Lipinski definition) is 1. The van der Waals surface area contributed by atoms with E-state index in [-0.39, 0.29) is 0 Å². The quantitative estimate of drug-likeness (QED) is 0.576. The van der Waals surface area contributed by atoms with Gasteiger partial charge in [-0.3, -0.25) is 0 Å². The van der Waals surface area contributed by atoms with E-state index in [2.05, 4.69) is 27.7 Å². The summed E-state index contributed by atoms with van der Waals surface area (Å²) in [7, 11) is 0. The fourth-order valence-electron chi connectivity index (χ4n) is 1.16. The number of ether oxygens (including phenoxy) is 1. The van der Waals surface area contributed by atoms with Crippen molar-refractivity contribution in [2.75, 3.05) is 6.61 Å². The maximum atomic E-state index is 5.69. The van der Waals surface area contributed by atoms with Crippen LogP contribution >= 0.6 is 0 Å². The van der Waals surface area contributed by atoms with Gasteiger partial charge in [0.15, 0.2) is 0 Å². The van der Waals surface area contributed by atoms with Crippen molar-refractivity contribution in [2.24, 2.45) is 5.92 Å². The molecule has 0 aliphatic carbocycles. The van der Waals surface area contributed by atoms with Gasteiger partial charge >= 0.3 is 0 Å². The van der Waals surface area contributed by atoms with Crippen LogP contribution in [0.5, 0.6) is 0 Å². The molecule has 0 aromatic carbocycles. The molecule has 11 heavy (non-hydrogen) atoms. The van der Waals surface area contributed by atoms with E-state index < -0.39 is 0 Å². The van der Waals surface area contributed by atoms with E-state index in [1.54, 1.807) is 0 Å². The molecule has 68 valence electrons. The minimum absolute atomic E-state index is 0.486. The molecule has 0 fully saturated rings. The maximum absolute atomic E-state index is 5.69. The Morgan fingerprint density at radius 2 is 1.73 bits per heavy atom. The summed E-state index contributed by atoms with van der Waals surface area (Å²) in [5, 5.41) is 0. The van der Waals surface area contributed by atoms with Crippen molar-refractivity contribution in [1.82, 2.24) is 0 Å². The van der Waals surface area contributed by atoms with Crippen molar-refractivity contribution in [1.29, 1.82) is 0 Å². The molecule has 0 saturated carbocycles. The zero-order valence-electron chi connectivity index (χ0n) is 8.39. The van der Waals surface area contributed by atoms with Crippen LogP contribution < -0.4 is 0 Å². The summed E-state index contributed by atoms with van der Waals surface area (Å²) in [6.07, 6.45) is 4.05. The van der Waals surface area contributed by atoms with E-state index in [0.29, 0.717) is 12.0 Å². The minimum Gasteiger partial charge on any atom is -0.378 e. The molecule has 0 aromatic rings. The van der Waals surface area contributed by atoms with Gasteiger partial charge in [0.2, 0.25) is 0 Å². The number of rotatable bonds is 6. The molecular weight excluding hydrogens is 136 g/mol. The highest BCUT2D eigenvalue weighted by molar-refractivity contribution is 4.61. The summed E-state index contributed by atoms with van der Waals surface area (Å²) in [5.41, 5.74) is 0. The van der Waals surface area contributed by atoms with Crippen LogP contribution in [0.15, 0.2) is 0 Å². The van der Waals surface area contributed by atoms with Gasteiger partial charge in [-0.15, -0.1) is 0 Å². The van der Waals surface area contributed by atoms with E-state index in [1.165, 1.54) is 12.8 Å². The molecule has 0 radical (unpaired) electrons. The van der Waals surface area contributed by atoms with Gasteiger partial charge in [-0.05, 0) is 18.8 Å². The van der Waals surface area contributed by atoms with Gasteiger partial charge in [-0.2, -0.15) is 0 Å². The summed E-state index contributed by atoms with van der Waals surface area (Å²) < 4.78 is 5.69. The minimum atomic E-state index is 0.486. The summed E-state index contributed by atoms with van der Waals surface area (Å²) >= 11 is 0. The second-order valence-electron chi connectivity index (χ2n) is 3.44. The highest BCUT2D eigenvalue weighted by Gasteiger charge is 2.11. The van der Waals surface area contributed by atoms with E-state index in [1.807, 2.05) is 0 Å². The summed E-state index contributed by atoms with van der Waals surface area (Å²) in [4.78, 5) is 0. The topological polar surface area (TPSA) is 9.23 Å². The van der Waals surface area contributed by atoms with E-state index in [9.17, 15) is 0 Å². The molecule has 0 bridgehead atoms. The first-order valence-corrected chi connectivity index (χ1v) is 4.83. The van der Waals surface area contributed by atoms with Crippen LogP contribution in [-0.4, -0.2) is 12.7 Å². The monoisotopic (exact) mass is 158 g/mol. The van der Waals surface area contributed by atoms with E-state index in [0.717, 1.165) is 13.0 Å². The first-order chi connectivity index (χ1) is 5.22. The van der Waals surface area contributed by atoms with Crippen molar-refractivity contribution >= 4 is 0 Å². The van der Waals surface area contributed by atoms with Crippen LogP contribution in [0.3, 0.4) is 0 Å². The molecule has 1 atom stereocenters. The fourth-order valence-corrected chi connectivity index (χ4v) is 1.16. The molecule has 0 aromatic heterocycles. The SMILES string of the molecule is CCCOC(CCC)C(C)C. The Hall–Kier alpha value is -0.0400. The Labute approximate surface area is 71.1 Å². The van der Waals surface area contributed by atoms with E-state index >= 15 is 0 Å². The average molecular weight is 158 g/mol. The smallest absolute Gasteiger partial charge is 0.0597 e. The van der Waals surface area contributed by atoms with Gasteiger partial charge < -0.3 is 4.74 Å². The van der Waals surface area contributed by atoms with Crippen molar-refractivity contribution in [2.45, 2.75) is 53.1 Å². The third kappa shape index (κ3) is 5.25. The van der Waals surface area contributed by atoms with Crippen LogP contribution in [0.4, 0.5) is 0 Å². The van der Waals surface area contributed by atoms with Gasteiger partial charge in [0, 0.05) is 6.61 Å². The molecule has 0 spiro atoms. The Bertz CT molecular complexity index is 78.9. The van der Waals surface area contributed by atoms with Gasteiger partial charge in [0.05, 0.1) is 6.10 Å². The molecule has 0 amide bonds. The molecule has 1 unspecified atom stereocenters. The Morgan fingerprint density at radius 1 is 1.09 bits per heavy atom. The zero-order valence-corrected chi connectivity index (χ0v) is 8.39. The lowest BCUT2D eigenvalue weighted by Gasteiger charge is -2.20. The standard InChI is InChI=1S/C10H22O/c1-5-7-10(9(3)4)11-8-6-2/h9-10H,5-8H2,1-4H3. The van der Waals surface area contributed by atoms with Crippen LogP contribution in [0.1, 0.15) is 47.0 Å². The Balaban J connectivity index is 3.51. The van der Waals surface area contributed by atoms with Crippen LogP contribution in [0.2, 0.25) is 0 Å². The predicted octanol–water partition coefficient (Wildman–Crippen LogP) is 3.24. The average Bonchev–Trinajstić information content (AvgIpc) is 1.97. The molecule has 1 nitrogen and oxygen atoms in total. The van der Waals surface area contributed by atoms with Gasteiger partial charge in [0.1, 0.15) is 0 Å². The van der Waals surface area contributed by atoms with Crippen molar-refractivity contribution in [3.63, 3.8) is 0 Å². The molecule has 0 rings (SSSR count). The molecular formula is C10H22O. The summed E-state index contributed by atoms with van der Waals surface area (Å²) in [5.74, 6) is 0.668.